The summed E-state index contributed by atoms with van der Waals surface area (Å²) in [7, 11) is -3.49. The van der Waals surface area contributed by atoms with Gasteiger partial charge in [0.2, 0.25) is 15.9 Å². The number of amides is 1. The van der Waals surface area contributed by atoms with E-state index in [1.807, 2.05) is 17.9 Å². The number of carbonyl (C=O) groups excluding carboxylic acids is 1. The van der Waals surface area contributed by atoms with Crippen molar-refractivity contribution in [1.82, 2.24) is 9.21 Å². The number of benzene rings is 2. The number of sulfonamides is 1. The Morgan fingerprint density at radius 1 is 0.909 bits per heavy atom. The van der Waals surface area contributed by atoms with Crippen LogP contribution in [0, 0.1) is 5.82 Å². The summed E-state index contributed by atoms with van der Waals surface area (Å²) < 4.78 is 41.2. The fraction of sp³-hybridized carbons (Fsp3) is 0.458. The molecule has 2 aliphatic rings. The third-order valence-electron chi connectivity index (χ3n) is 6.51. The number of piperazine rings is 1. The molecule has 1 amide bonds. The van der Waals surface area contributed by atoms with Crippen molar-refractivity contribution in [1.29, 1.82) is 0 Å². The van der Waals surface area contributed by atoms with Gasteiger partial charge in [0.05, 0.1) is 16.6 Å². The van der Waals surface area contributed by atoms with Crippen LogP contribution in [0.1, 0.15) is 26.2 Å². The Bertz CT molecular complexity index is 1060. The predicted molar refractivity (Wildman–Crippen MR) is 127 cm³/mol. The Hall–Kier alpha value is -2.49. The lowest BCUT2D eigenvalue weighted by Crippen LogP contribution is -2.53. The Kier molecular flexibility index (Phi) is 7.31. The summed E-state index contributed by atoms with van der Waals surface area (Å²) in [5.74, 6) is -0.386. The average molecular weight is 475 g/mol. The van der Waals surface area contributed by atoms with Crippen LogP contribution in [-0.2, 0) is 14.8 Å². The first-order chi connectivity index (χ1) is 15.9. The standard InChI is InChI=1S/C24H31FN4O3S/c1-19(27-15-17-28(18-16-27)23-8-4-3-7-22(23)25)24(30)26-20-9-11-21(12-10-20)33(31,32)29-13-5-2-6-14-29/h3-4,7-12,19H,2,5-6,13-18H2,1H3,(H,26,30). The van der Waals surface area contributed by atoms with Crippen molar-refractivity contribution >= 4 is 27.3 Å². The van der Waals surface area contributed by atoms with Crippen LogP contribution in [-0.4, -0.2) is 68.8 Å². The Labute approximate surface area is 195 Å². The van der Waals surface area contributed by atoms with Gasteiger partial charge in [-0.05, 0) is 56.2 Å². The molecule has 2 aromatic carbocycles. The first-order valence-electron chi connectivity index (χ1n) is 11.5. The maximum atomic E-state index is 14.0. The summed E-state index contributed by atoms with van der Waals surface area (Å²) in [6.45, 7) is 5.55. The minimum atomic E-state index is -3.49. The molecule has 9 heteroatoms. The fourth-order valence-corrected chi connectivity index (χ4v) is 5.95. The van der Waals surface area contributed by atoms with E-state index < -0.39 is 10.0 Å². The van der Waals surface area contributed by atoms with Crippen molar-refractivity contribution in [2.24, 2.45) is 0 Å². The van der Waals surface area contributed by atoms with Gasteiger partial charge in [-0.3, -0.25) is 9.69 Å². The van der Waals surface area contributed by atoms with Gasteiger partial charge in [0.1, 0.15) is 5.82 Å². The summed E-state index contributed by atoms with van der Waals surface area (Å²) in [6.07, 6.45) is 2.84. The molecule has 2 aliphatic heterocycles. The molecule has 2 heterocycles. The van der Waals surface area contributed by atoms with Gasteiger partial charge >= 0.3 is 0 Å². The molecule has 4 rings (SSSR count). The van der Waals surface area contributed by atoms with E-state index in [2.05, 4.69) is 10.2 Å². The summed E-state index contributed by atoms with van der Waals surface area (Å²) in [5, 5.41) is 2.89. The molecule has 7 nitrogen and oxygen atoms in total. The number of para-hydroxylation sites is 1. The number of anilines is 2. The largest absolute Gasteiger partial charge is 0.367 e. The number of nitrogens with one attached hydrogen (secondary N) is 1. The molecule has 1 N–H and O–H groups in total. The molecule has 0 spiro atoms. The van der Waals surface area contributed by atoms with E-state index in [1.165, 1.54) is 10.4 Å². The summed E-state index contributed by atoms with van der Waals surface area (Å²) >= 11 is 0. The van der Waals surface area contributed by atoms with Crippen LogP contribution < -0.4 is 10.2 Å². The topological polar surface area (TPSA) is 73.0 Å². The maximum absolute atomic E-state index is 14.0. The molecule has 0 bridgehead atoms. The smallest absolute Gasteiger partial charge is 0.243 e. The van der Waals surface area contributed by atoms with Crippen LogP contribution >= 0.6 is 0 Å². The van der Waals surface area contributed by atoms with Gasteiger partial charge in [0, 0.05) is 45.0 Å². The molecule has 0 saturated carbocycles. The first-order valence-corrected chi connectivity index (χ1v) is 12.9. The molecule has 2 aromatic rings. The van der Waals surface area contributed by atoms with Crippen molar-refractivity contribution in [3.63, 3.8) is 0 Å². The van der Waals surface area contributed by atoms with Crippen LogP contribution in [0.4, 0.5) is 15.8 Å². The van der Waals surface area contributed by atoms with Gasteiger partial charge in [0.25, 0.3) is 0 Å². The van der Waals surface area contributed by atoms with E-state index in [0.29, 0.717) is 50.6 Å². The molecule has 2 saturated heterocycles. The third kappa shape index (κ3) is 5.37. The molecule has 2 fully saturated rings. The number of halogens is 1. The van der Waals surface area contributed by atoms with Crippen molar-refractivity contribution in [2.45, 2.75) is 37.1 Å². The zero-order valence-electron chi connectivity index (χ0n) is 18.9. The fourth-order valence-electron chi connectivity index (χ4n) is 4.44. The lowest BCUT2D eigenvalue weighted by atomic mass is 10.2. The SMILES string of the molecule is CC(C(=O)Nc1ccc(S(=O)(=O)N2CCCCC2)cc1)N1CCN(c2ccccc2F)CC1. The van der Waals surface area contributed by atoms with Crippen LogP contribution in [0.5, 0.6) is 0 Å². The van der Waals surface area contributed by atoms with Gasteiger partial charge in [-0.2, -0.15) is 4.31 Å². The van der Waals surface area contributed by atoms with Gasteiger partial charge in [-0.25, -0.2) is 12.8 Å². The number of carbonyl (C=O) groups is 1. The molecule has 0 aliphatic carbocycles. The normalized spacial score (nSPS) is 19.3. The highest BCUT2D eigenvalue weighted by Crippen LogP contribution is 2.23. The zero-order valence-corrected chi connectivity index (χ0v) is 19.7. The van der Waals surface area contributed by atoms with Crippen LogP contribution in [0.15, 0.2) is 53.4 Å². The number of rotatable bonds is 6. The van der Waals surface area contributed by atoms with Crippen molar-refractivity contribution in [3.05, 3.63) is 54.3 Å². The van der Waals surface area contributed by atoms with E-state index >= 15 is 0 Å². The van der Waals surface area contributed by atoms with E-state index in [1.54, 1.807) is 36.4 Å². The monoisotopic (exact) mass is 474 g/mol. The predicted octanol–water partition coefficient (Wildman–Crippen LogP) is 3.15. The van der Waals surface area contributed by atoms with E-state index in [0.717, 1.165) is 19.3 Å². The maximum Gasteiger partial charge on any atom is 0.243 e. The zero-order chi connectivity index (χ0) is 23.4. The lowest BCUT2D eigenvalue weighted by Gasteiger charge is -2.38. The highest BCUT2D eigenvalue weighted by molar-refractivity contribution is 7.89. The van der Waals surface area contributed by atoms with Gasteiger partial charge < -0.3 is 10.2 Å². The lowest BCUT2D eigenvalue weighted by molar-refractivity contribution is -0.120. The number of nitrogens with zero attached hydrogens (tertiary/aromatic N) is 3. The number of hydrogen-bond donors (Lipinski definition) is 1. The molecule has 1 atom stereocenters. The second kappa shape index (κ2) is 10.2. The van der Waals surface area contributed by atoms with E-state index in [4.69, 9.17) is 0 Å². The van der Waals surface area contributed by atoms with Crippen molar-refractivity contribution in [2.75, 3.05) is 49.5 Å². The first kappa shape index (κ1) is 23.7. The average Bonchev–Trinajstić information content (AvgIpc) is 2.85. The summed E-state index contributed by atoms with van der Waals surface area (Å²) in [6, 6.07) is 12.8. The van der Waals surface area contributed by atoms with E-state index in [9.17, 15) is 17.6 Å². The highest BCUT2D eigenvalue weighted by Gasteiger charge is 2.28. The van der Waals surface area contributed by atoms with Gasteiger partial charge in [0.15, 0.2) is 0 Å². The quantitative estimate of drug-likeness (QED) is 0.696. The Morgan fingerprint density at radius 2 is 1.55 bits per heavy atom. The van der Waals surface area contributed by atoms with Crippen LogP contribution in [0.25, 0.3) is 0 Å². The van der Waals surface area contributed by atoms with Crippen LogP contribution in [0.2, 0.25) is 0 Å². The molecule has 178 valence electrons. The minimum absolute atomic E-state index is 0.152. The number of hydrogen-bond acceptors (Lipinski definition) is 5. The Morgan fingerprint density at radius 3 is 2.18 bits per heavy atom. The number of piperidine rings is 1. The summed E-state index contributed by atoms with van der Waals surface area (Å²) in [4.78, 5) is 17.1. The summed E-state index contributed by atoms with van der Waals surface area (Å²) in [5.41, 5.74) is 1.16. The highest BCUT2D eigenvalue weighted by atomic mass is 32.2. The third-order valence-corrected chi connectivity index (χ3v) is 8.42. The van der Waals surface area contributed by atoms with E-state index in [-0.39, 0.29) is 22.7 Å². The molecule has 0 aromatic heterocycles. The Balaban J connectivity index is 1.32. The second-order valence-corrected chi connectivity index (χ2v) is 10.6. The van der Waals surface area contributed by atoms with Crippen molar-refractivity contribution < 1.29 is 17.6 Å². The van der Waals surface area contributed by atoms with Gasteiger partial charge in [-0.15, -0.1) is 0 Å². The van der Waals surface area contributed by atoms with Gasteiger partial charge in [-0.1, -0.05) is 18.6 Å². The second-order valence-electron chi connectivity index (χ2n) is 8.63. The van der Waals surface area contributed by atoms with Crippen molar-refractivity contribution in [3.8, 4) is 0 Å². The molecule has 1 unspecified atom stereocenters. The molecule has 0 radical (unpaired) electrons. The minimum Gasteiger partial charge on any atom is -0.367 e. The molecular formula is C24H31FN4O3S. The molecular weight excluding hydrogens is 443 g/mol. The molecule has 33 heavy (non-hydrogen) atoms. The van der Waals surface area contributed by atoms with Crippen LogP contribution in [0.3, 0.4) is 0 Å².